The number of imidazole rings is 1. The van der Waals surface area contributed by atoms with E-state index < -0.39 is 11.7 Å². The third-order valence-corrected chi connectivity index (χ3v) is 6.25. The number of alkyl halides is 3. The fraction of sp³-hybridized carbons (Fsp3) is 0.435. The number of pyridine rings is 1. The van der Waals surface area contributed by atoms with Crippen LogP contribution in [0, 0.1) is 0 Å². The molecule has 1 aromatic carbocycles. The number of ether oxygens (including phenoxy) is 1. The molecule has 2 aliphatic rings. The van der Waals surface area contributed by atoms with Crippen LogP contribution in [0.15, 0.2) is 42.6 Å². The number of amides is 1. The van der Waals surface area contributed by atoms with Crippen LogP contribution in [-0.2, 0) is 10.9 Å². The van der Waals surface area contributed by atoms with Crippen molar-refractivity contribution >= 4 is 17.1 Å². The van der Waals surface area contributed by atoms with E-state index in [0.29, 0.717) is 32.5 Å². The highest BCUT2D eigenvalue weighted by Gasteiger charge is 2.33. The van der Waals surface area contributed by atoms with Crippen LogP contribution in [0.5, 0.6) is 0 Å². The molecule has 1 atom stereocenters. The average Bonchev–Trinajstić information content (AvgIpc) is 3.46. The fourth-order valence-corrected chi connectivity index (χ4v) is 4.65. The van der Waals surface area contributed by atoms with Crippen molar-refractivity contribution in [1.29, 1.82) is 0 Å². The topological polar surface area (TPSA) is 60.2 Å². The molecule has 6 nitrogen and oxygen atoms in total. The van der Waals surface area contributed by atoms with E-state index in [2.05, 4.69) is 9.55 Å². The number of carbonyl (C=O) groups excluding carboxylic acids is 1. The minimum Gasteiger partial charge on any atom is -0.370 e. The molecule has 2 aromatic heterocycles. The number of aromatic nitrogens is 3. The van der Waals surface area contributed by atoms with E-state index in [-0.39, 0.29) is 23.6 Å². The Kier molecular flexibility index (Phi) is 5.36. The molecule has 2 fully saturated rings. The van der Waals surface area contributed by atoms with E-state index in [0.717, 1.165) is 42.0 Å². The van der Waals surface area contributed by atoms with Crippen LogP contribution >= 0.6 is 0 Å². The molecular weight excluding hydrogens is 421 g/mol. The summed E-state index contributed by atoms with van der Waals surface area (Å²) in [5.74, 6) is 0.501. The smallest absolute Gasteiger partial charge is 0.370 e. The van der Waals surface area contributed by atoms with Gasteiger partial charge in [-0.2, -0.15) is 13.2 Å². The fourth-order valence-electron chi connectivity index (χ4n) is 4.65. The lowest BCUT2D eigenvalue weighted by Crippen LogP contribution is -2.39. The third kappa shape index (κ3) is 3.85. The van der Waals surface area contributed by atoms with E-state index >= 15 is 0 Å². The lowest BCUT2D eigenvalue weighted by molar-refractivity contribution is -0.137. The lowest BCUT2D eigenvalue weighted by atomic mass is 10.0. The molecule has 0 saturated carbocycles. The van der Waals surface area contributed by atoms with Crippen molar-refractivity contribution in [3.05, 3.63) is 59.5 Å². The molecule has 0 N–H and O–H groups in total. The molecule has 32 heavy (non-hydrogen) atoms. The summed E-state index contributed by atoms with van der Waals surface area (Å²) < 4.78 is 47.1. The number of nitrogens with zero attached hydrogens (tertiary/aromatic N) is 4. The average molecular weight is 444 g/mol. The third-order valence-electron chi connectivity index (χ3n) is 6.25. The molecule has 3 aromatic rings. The van der Waals surface area contributed by atoms with E-state index in [1.807, 2.05) is 12.1 Å². The Morgan fingerprint density at radius 3 is 2.62 bits per heavy atom. The number of hydrogen-bond acceptors (Lipinski definition) is 4. The highest BCUT2D eigenvalue weighted by atomic mass is 19.4. The zero-order valence-corrected chi connectivity index (χ0v) is 17.4. The van der Waals surface area contributed by atoms with Gasteiger partial charge in [-0.25, -0.2) is 9.97 Å². The molecule has 0 spiro atoms. The molecule has 0 unspecified atom stereocenters. The maximum atomic E-state index is 13.0. The second kappa shape index (κ2) is 8.20. The van der Waals surface area contributed by atoms with Gasteiger partial charge in [-0.3, -0.25) is 4.79 Å². The van der Waals surface area contributed by atoms with Crippen molar-refractivity contribution < 1.29 is 22.7 Å². The first-order valence-electron chi connectivity index (χ1n) is 10.8. The molecule has 1 amide bonds. The number of hydrogen-bond donors (Lipinski definition) is 0. The van der Waals surface area contributed by atoms with Gasteiger partial charge in [-0.05, 0) is 56.0 Å². The van der Waals surface area contributed by atoms with Gasteiger partial charge in [0.15, 0.2) is 5.65 Å². The highest BCUT2D eigenvalue weighted by Crippen LogP contribution is 2.35. The summed E-state index contributed by atoms with van der Waals surface area (Å²) in [6, 6.07) is 8.51. The van der Waals surface area contributed by atoms with Gasteiger partial charge in [0.1, 0.15) is 17.4 Å². The molecular formula is C23H23F3N4O2. The number of likely N-dealkylation sites (tertiary alicyclic amines) is 1. The van der Waals surface area contributed by atoms with E-state index in [1.165, 1.54) is 12.1 Å². The zero-order valence-electron chi connectivity index (χ0n) is 17.4. The molecule has 0 bridgehead atoms. The first-order valence-corrected chi connectivity index (χ1v) is 10.8. The quantitative estimate of drug-likeness (QED) is 0.584. The molecule has 0 radical (unpaired) electrons. The zero-order chi connectivity index (χ0) is 22.3. The van der Waals surface area contributed by atoms with E-state index in [1.54, 1.807) is 11.1 Å². The number of halogens is 3. The Hall–Kier alpha value is -2.94. The van der Waals surface area contributed by atoms with Gasteiger partial charge in [-0.15, -0.1) is 0 Å². The van der Waals surface area contributed by atoms with Gasteiger partial charge in [-0.1, -0.05) is 6.07 Å². The highest BCUT2D eigenvalue weighted by molar-refractivity contribution is 5.94. The number of piperidine rings is 1. The number of benzene rings is 1. The monoisotopic (exact) mass is 444 g/mol. The Labute approximate surface area is 183 Å². The van der Waals surface area contributed by atoms with Crippen LogP contribution in [0.25, 0.3) is 11.2 Å². The lowest BCUT2D eigenvalue weighted by Gasteiger charge is -2.34. The van der Waals surface area contributed by atoms with Crippen LogP contribution in [0.2, 0.25) is 0 Å². The first kappa shape index (κ1) is 20.9. The predicted octanol–water partition coefficient (Wildman–Crippen LogP) is 4.78. The van der Waals surface area contributed by atoms with Crippen molar-refractivity contribution in [2.45, 2.75) is 44.0 Å². The summed E-state index contributed by atoms with van der Waals surface area (Å²) >= 11 is 0. The second-order valence-electron chi connectivity index (χ2n) is 8.29. The van der Waals surface area contributed by atoms with Crippen molar-refractivity contribution in [3.8, 4) is 0 Å². The van der Waals surface area contributed by atoms with Gasteiger partial charge in [0, 0.05) is 37.5 Å². The van der Waals surface area contributed by atoms with Crippen molar-refractivity contribution in [1.82, 2.24) is 19.4 Å². The van der Waals surface area contributed by atoms with E-state index in [4.69, 9.17) is 9.72 Å². The number of carbonyl (C=O) groups is 1. The van der Waals surface area contributed by atoms with Gasteiger partial charge in [0.2, 0.25) is 0 Å². The first-order chi connectivity index (χ1) is 15.4. The van der Waals surface area contributed by atoms with Gasteiger partial charge in [0.25, 0.3) is 5.91 Å². The summed E-state index contributed by atoms with van der Waals surface area (Å²) in [5.41, 5.74) is 0.879. The van der Waals surface area contributed by atoms with Crippen molar-refractivity contribution in [3.63, 3.8) is 0 Å². The van der Waals surface area contributed by atoms with Crippen LogP contribution in [0.1, 0.15) is 59.6 Å². The molecule has 5 rings (SSSR count). The maximum Gasteiger partial charge on any atom is 0.416 e. The standard InChI is InChI=1S/C23H23F3N4O2/c24-23(25,26)16-5-1-4-15(14-16)22(31)29-11-8-17(9-12-29)30-20-18(6-2-10-27-20)28-21(30)19-7-3-13-32-19/h1-2,4-6,10,14,17,19H,3,7-9,11-13H2/t19-/m1/s1. The molecule has 0 aliphatic carbocycles. The largest absolute Gasteiger partial charge is 0.416 e. The number of fused-ring (bicyclic) bond motifs is 1. The summed E-state index contributed by atoms with van der Waals surface area (Å²) in [6.45, 7) is 1.62. The number of rotatable bonds is 3. The predicted molar refractivity (Wildman–Crippen MR) is 111 cm³/mol. The van der Waals surface area contributed by atoms with E-state index in [9.17, 15) is 18.0 Å². The Bertz CT molecular complexity index is 1130. The Balaban J connectivity index is 1.36. The SMILES string of the molecule is O=C(c1cccc(C(F)(F)F)c1)N1CCC(n2c([C@H]3CCCO3)nc3cccnc32)CC1. The van der Waals surface area contributed by atoms with Crippen molar-refractivity contribution in [2.75, 3.05) is 19.7 Å². The van der Waals surface area contributed by atoms with Crippen LogP contribution in [0.3, 0.4) is 0 Å². The molecule has 2 saturated heterocycles. The van der Waals surface area contributed by atoms with Gasteiger partial charge in [0.05, 0.1) is 5.56 Å². The minimum absolute atomic E-state index is 0.0611. The molecule has 9 heteroatoms. The second-order valence-corrected chi connectivity index (χ2v) is 8.29. The van der Waals surface area contributed by atoms with Crippen molar-refractivity contribution in [2.24, 2.45) is 0 Å². The summed E-state index contributed by atoms with van der Waals surface area (Å²) in [4.78, 5) is 23.8. The summed E-state index contributed by atoms with van der Waals surface area (Å²) in [5, 5.41) is 0. The Morgan fingerprint density at radius 1 is 1.09 bits per heavy atom. The minimum atomic E-state index is -4.47. The van der Waals surface area contributed by atoms with Crippen LogP contribution in [0.4, 0.5) is 13.2 Å². The summed E-state index contributed by atoms with van der Waals surface area (Å²) in [7, 11) is 0. The summed E-state index contributed by atoms with van der Waals surface area (Å²) in [6.07, 6.45) is 0.457. The van der Waals surface area contributed by atoms with Crippen LogP contribution < -0.4 is 0 Å². The Morgan fingerprint density at radius 2 is 1.91 bits per heavy atom. The molecule has 4 heterocycles. The normalized spacial score (nSPS) is 20.2. The van der Waals surface area contributed by atoms with Gasteiger partial charge < -0.3 is 14.2 Å². The van der Waals surface area contributed by atoms with Crippen LogP contribution in [-0.4, -0.2) is 45.0 Å². The molecule has 168 valence electrons. The van der Waals surface area contributed by atoms with Gasteiger partial charge >= 0.3 is 6.18 Å². The maximum absolute atomic E-state index is 13.0. The molecule has 2 aliphatic heterocycles.